The van der Waals surface area contributed by atoms with E-state index >= 15 is 0 Å². The van der Waals surface area contributed by atoms with Crippen molar-refractivity contribution < 1.29 is 13.9 Å². The molecule has 6 rings (SSSR count). The zero-order valence-corrected chi connectivity index (χ0v) is 20.5. The number of fused-ring (bicyclic) bond motifs is 4. The van der Waals surface area contributed by atoms with Crippen LogP contribution in [-0.2, 0) is 0 Å². The van der Waals surface area contributed by atoms with E-state index in [1.807, 2.05) is 12.1 Å². The summed E-state index contributed by atoms with van der Waals surface area (Å²) < 4.78 is 26.6. The second-order valence-electron chi connectivity index (χ2n) is 9.90. The van der Waals surface area contributed by atoms with Gasteiger partial charge in [0.1, 0.15) is 12.1 Å². The van der Waals surface area contributed by atoms with Crippen LogP contribution in [0.2, 0.25) is 10.0 Å². The Bertz CT molecular complexity index is 1290. The van der Waals surface area contributed by atoms with Gasteiger partial charge in [-0.2, -0.15) is 0 Å². The molecule has 4 unspecified atom stereocenters. The van der Waals surface area contributed by atoms with Gasteiger partial charge in [0.05, 0.1) is 35.0 Å². The van der Waals surface area contributed by atoms with E-state index in [9.17, 15) is 4.39 Å². The molecular formula is C25H25Cl2FN4O2. The number of methoxy groups -OCH3 is 1. The van der Waals surface area contributed by atoms with Crippen molar-refractivity contribution in [1.82, 2.24) is 14.9 Å². The SMILES string of the molecule is COc1cc2c(Nc3ccc(Cl)c(Cl)c3F)ncnc2cc1OCC12CC3CN(C)CC3C1C2. The first-order valence-electron chi connectivity index (χ1n) is 11.4. The van der Waals surface area contributed by atoms with Gasteiger partial charge in [0.25, 0.3) is 0 Å². The Kier molecular flexibility index (Phi) is 5.28. The van der Waals surface area contributed by atoms with Gasteiger partial charge in [-0.1, -0.05) is 23.2 Å². The number of ether oxygens (including phenoxy) is 2. The van der Waals surface area contributed by atoms with Crippen molar-refractivity contribution in [3.05, 3.63) is 46.5 Å². The molecule has 1 saturated heterocycles. The third-order valence-corrected chi connectivity index (χ3v) is 8.62. The van der Waals surface area contributed by atoms with Gasteiger partial charge in [0, 0.05) is 30.0 Å². The summed E-state index contributed by atoms with van der Waals surface area (Å²) in [5, 5.41) is 3.69. The first-order valence-corrected chi connectivity index (χ1v) is 12.2. The molecule has 2 aliphatic carbocycles. The van der Waals surface area contributed by atoms with Crippen LogP contribution in [0, 0.1) is 29.0 Å². The van der Waals surface area contributed by atoms with Crippen LogP contribution >= 0.6 is 23.2 Å². The van der Waals surface area contributed by atoms with Crippen molar-refractivity contribution in [2.75, 3.05) is 39.2 Å². The average Bonchev–Trinajstić information content (AvgIpc) is 3.29. The van der Waals surface area contributed by atoms with Crippen molar-refractivity contribution in [3.63, 3.8) is 0 Å². The van der Waals surface area contributed by atoms with Crippen LogP contribution in [0.25, 0.3) is 10.9 Å². The fraction of sp³-hybridized carbons (Fsp3) is 0.440. The first kappa shape index (κ1) is 22.1. The van der Waals surface area contributed by atoms with Gasteiger partial charge in [0.2, 0.25) is 0 Å². The largest absolute Gasteiger partial charge is 0.493 e. The molecule has 0 radical (unpaired) electrons. The van der Waals surface area contributed by atoms with Gasteiger partial charge in [-0.15, -0.1) is 0 Å². The highest BCUT2D eigenvalue weighted by molar-refractivity contribution is 6.42. The zero-order valence-electron chi connectivity index (χ0n) is 18.9. The predicted molar refractivity (Wildman–Crippen MR) is 131 cm³/mol. The number of benzene rings is 2. The third kappa shape index (κ3) is 3.56. The molecule has 0 spiro atoms. The standard InChI is InChI=1S/C25H25Cl2FN4O2/c1-32-9-13-7-25(8-16(25)15(13)10-32)11-34-21-6-19-14(5-20(21)33-2)24(30-12-29-19)31-18-4-3-17(26)22(27)23(18)28/h3-6,12-13,15-16H,7-11H2,1-2H3,(H,29,30,31). The first-order chi connectivity index (χ1) is 16.4. The van der Waals surface area contributed by atoms with E-state index < -0.39 is 5.82 Å². The smallest absolute Gasteiger partial charge is 0.166 e. The second kappa shape index (κ2) is 8.11. The lowest BCUT2D eigenvalue weighted by Crippen LogP contribution is -2.20. The van der Waals surface area contributed by atoms with E-state index in [2.05, 4.69) is 27.2 Å². The van der Waals surface area contributed by atoms with Gasteiger partial charge in [-0.25, -0.2) is 14.4 Å². The Balaban J connectivity index is 1.25. The number of hydrogen-bond donors (Lipinski definition) is 1. The third-order valence-electron chi connectivity index (χ3n) is 7.84. The summed E-state index contributed by atoms with van der Waals surface area (Å²) >= 11 is 11.9. The summed E-state index contributed by atoms with van der Waals surface area (Å²) in [5.74, 6) is 3.43. The average molecular weight is 503 g/mol. The number of halogens is 3. The van der Waals surface area contributed by atoms with Crippen molar-refractivity contribution in [2.24, 2.45) is 23.2 Å². The summed E-state index contributed by atoms with van der Waals surface area (Å²) in [6, 6.07) is 6.74. The fourth-order valence-electron chi connectivity index (χ4n) is 6.16. The highest BCUT2D eigenvalue weighted by Crippen LogP contribution is 2.69. The molecule has 3 aliphatic rings. The maximum atomic E-state index is 14.6. The van der Waals surface area contributed by atoms with E-state index in [4.69, 9.17) is 32.7 Å². The summed E-state index contributed by atoms with van der Waals surface area (Å²) in [5.41, 5.74) is 1.15. The molecule has 2 aromatic carbocycles. The monoisotopic (exact) mass is 502 g/mol. The molecule has 3 aromatic rings. The Morgan fingerprint density at radius 2 is 2.03 bits per heavy atom. The number of anilines is 2. The van der Waals surface area contributed by atoms with Crippen LogP contribution in [0.3, 0.4) is 0 Å². The number of aromatic nitrogens is 2. The molecule has 0 bridgehead atoms. The summed E-state index contributed by atoms with van der Waals surface area (Å²) in [7, 11) is 3.83. The molecule has 6 nitrogen and oxygen atoms in total. The van der Waals surface area contributed by atoms with Crippen LogP contribution in [0.5, 0.6) is 11.5 Å². The quantitative estimate of drug-likeness (QED) is 0.430. The molecule has 1 N–H and O–H groups in total. The maximum absolute atomic E-state index is 14.6. The van der Waals surface area contributed by atoms with Gasteiger partial charge < -0.3 is 19.7 Å². The van der Waals surface area contributed by atoms with Gasteiger partial charge in [0.15, 0.2) is 17.3 Å². The minimum Gasteiger partial charge on any atom is -0.493 e. The Morgan fingerprint density at radius 1 is 1.18 bits per heavy atom. The molecule has 34 heavy (non-hydrogen) atoms. The molecule has 1 aliphatic heterocycles. The molecule has 1 aromatic heterocycles. The normalized spacial score (nSPS) is 27.5. The van der Waals surface area contributed by atoms with E-state index in [1.54, 1.807) is 7.11 Å². The van der Waals surface area contributed by atoms with Crippen LogP contribution in [0.15, 0.2) is 30.6 Å². The zero-order chi connectivity index (χ0) is 23.6. The van der Waals surface area contributed by atoms with E-state index in [0.29, 0.717) is 40.2 Å². The Labute approximate surface area is 207 Å². The van der Waals surface area contributed by atoms with Gasteiger partial charge >= 0.3 is 0 Å². The molecule has 0 amide bonds. The van der Waals surface area contributed by atoms with Gasteiger partial charge in [-0.3, -0.25) is 0 Å². The van der Waals surface area contributed by atoms with Crippen molar-refractivity contribution in [1.29, 1.82) is 0 Å². The molecule has 9 heteroatoms. The number of nitrogens with zero attached hydrogens (tertiary/aromatic N) is 3. The van der Waals surface area contributed by atoms with Crippen LogP contribution in [0.4, 0.5) is 15.9 Å². The van der Waals surface area contributed by atoms with E-state index in [-0.39, 0.29) is 15.7 Å². The second-order valence-corrected chi connectivity index (χ2v) is 10.7. The molecule has 2 heterocycles. The molecule has 4 atom stereocenters. The number of nitrogens with one attached hydrogen (secondary N) is 1. The lowest BCUT2D eigenvalue weighted by molar-refractivity contribution is 0.206. The maximum Gasteiger partial charge on any atom is 0.166 e. The van der Waals surface area contributed by atoms with Crippen LogP contribution in [0.1, 0.15) is 12.8 Å². The Morgan fingerprint density at radius 3 is 2.82 bits per heavy atom. The van der Waals surface area contributed by atoms with Crippen LogP contribution < -0.4 is 14.8 Å². The Hall–Kier alpha value is -2.35. The highest BCUT2D eigenvalue weighted by Gasteiger charge is 2.66. The summed E-state index contributed by atoms with van der Waals surface area (Å²) in [4.78, 5) is 11.2. The summed E-state index contributed by atoms with van der Waals surface area (Å²) in [6.07, 6.45) is 3.93. The van der Waals surface area contributed by atoms with Crippen molar-refractivity contribution >= 4 is 45.6 Å². The highest BCUT2D eigenvalue weighted by atomic mass is 35.5. The molecular weight excluding hydrogens is 478 g/mol. The number of rotatable bonds is 6. The fourth-order valence-corrected chi connectivity index (χ4v) is 6.48. The minimum absolute atomic E-state index is 0.140. The van der Waals surface area contributed by atoms with E-state index in [1.165, 1.54) is 44.4 Å². The van der Waals surface area contributed by atoms with E-state index in [0.717, 1.165) is 17.8 Å². The number of likely N-dealkylation sites (tertiary alicyclic amines) is 1. The van der Waals surface area contributed by atoms with Crippen molar-refractivity contribution in [2.45, 2.75) is 12.8 Å². The molecule has 2 saturated carbocycles. The van der Waals surface area contributed by atoms with Gasteiger partial charge in [-0.05, 0) is 55.8 Å². The predicted octanol–water partition coefficient (Wildman–Crippen LogP) is 5.79. The van der Waals surface area contributed by atoms with Crippen LogP contribution in [-0.4, -0.2) is 48.7 Å². The summed E-state index contributed by atoms with van der Waals surface area (Å²) in [6.45, 7) is 3.11. The minimum atomic E-state index is -0.640. The molecule has 178 valence electrons. The lowest BCUT2D eigenvalue weighted by Gasteiger charge is -2.19. The lowest BCUT2D eigenvalue weighted by atomic mass is 9.94. The molecule has 3 fully saturated rings. The number of hydrogen-bond acceptors (Lipinski definition) is 6. The van der Waals surface area contributed by atoms with Crippen molar-refractivity contribution in [3.8, 4) is 11.5 Å². The topological polar surface area (TPSA) is 59.5 Å².